The van der Waals surface area contributed by atoms with E-state index in [2.05, 4.69) is 33.9 Å². The van der Waals surface area contributed by atoms with Gasteiger partial charge in [-0.05, 0) is 37.6 Å². The van der Waals surface area contributed by atoms with E-state index in [0.29, 0.717) is 12.2 Å². The largest absolute Gasteiger partial charge is 0.546 e. The summed E-state index contributed by atoms with van der Waals surface area (Å²) in [7, 11) is -0.701. The zero-order valence-corrected chi connectivity index (χ0v) is 16.2. The van der Waals surface area contributed by atoms with Gasteiger partial charge in [-0.25, -0.2) is 0 Å². The lowest BCUT2D eigenvalue weighted by molar-refractivity contribution is -0.150. The highest BCUT2D eigenvalue weighted by atomic mass is 28.4. The Balaban J connectivity index is 2.39. The lowest BCUT2D eigenvalue weighted by Gasteiger charge is -2.43. The van der Waals surface area contributed by atoms with Gasteiger partial charge in [0.25, 0.3) is 0 Å². The number of rotatable bonds is 3. The van der Waals surface area contributed by atoms with E-state index in [1.54, 1.807) is 0 Å². The first-order valence-corrected chi connectivity index (χ1v) is 11.0. The Labute approximate surface area is 139 Å². The zero-order valence-electron chi connectivity index (χ0n) is 15.2. The highest BCUT2D eigenvalue weighted by Crippen LogP contribution is 2.52. The van der Waals surface area contributed by atoms with Crippen LogP contribution in [0.4, 0.5) is 0 Å². The van der Waals surface area contributed by atoms with E-state index in [-0.39, 0.29) is 35.4 Å². The standard InChI is InChI=1S/C17H28O5Si/c1-16(2,3)23(6,7)22-13-9-8-11(14(18)20-5)12-10-21-15(19)17(12,13)4/h9,11-12H,8,10H2,1-7H3/t11-,12+,17+/m1/s1. The topological polar surface area (TPSA) is 61.8 Å². The van der Waals surface area contributed by atoms with Gasteiger partial charge in [0, 0.05) is 5.92 Å². The van der Waals surface area contributed by atoms with E-state index in [4.69, 9.17) is 13.9 Å². The van der Waals surface area contributed by atoms with Crippen molar-refractivity contribution in [1.29, 1.82) is 0 Å². The fourth-order valence-electron chi connectivity index (χ4n) is 3.03. The Morgan fingerprint density at radius 2 is 2.00 bits per heavy atom. The minimum absolute atomic E-state index is 0.0292. The number of hydrogen-bond donors (Lipinski definition) is 0. The summed E-state index contributed by atoms with van der Waals surface area (Å²) in [5.41, 5.74) is -0.896. The fraction of sp³-hybridized carbons (Fsp3) is 0.765. The lowest BCUT2D eigenvalue weighted by Crippen LogP contribution is -2.48. The fourth-order valence-corrected chi connectivity index (χ4v) is 4.18. The molecule has 0 saturated carbocycles. The molecule has 1 heterocycles. The van der Waals surface area contributed by atoms with Crippen LogP contribution in [0.25, 0.3) is 0 Å². The normalized spacial score (nSPS) is 31.1. The number of ether oxygens (including phenoxy) is 2. The summed E-state index contributed by atoms with van der Waals surface area (Å²) in [5.74, 6) is -0.504. The van der Waals surface area contributed by atoms with Crippen molar-refractivity contribution in [3.05, 3.63) is 11.8 Å². The van der Waals surface area contributed by atoms with Gasteiger partial charge in [-0.15, -0.1) is 0 Å². The second kappa shape index (κ2) is 5.65. The molecule has 0 aromatic carbocycles. The molecular formula is C17H28O5Si. The smallest absolute Gasteiger partial charge is 0.319 e. The molecule has 0 spiro atoms. The van der Waals surface area contributed by atoms with Crippen LogP contribution in [-0.4, -0.2) is 34.0 Å². The van der Waals surface area contributed by atoms with Crippen LogP contribution in [0.1, 0.15) is 34.1 Å². The molecule has 0 radical (unpaired) electrons. The molecule has 1 aliphatic heterocycles. The van der Waals surface area contributed by atoms with E-state index in [9.17, 15) is 9.59 Å². The highest BCUT2D eigenvalue weighted by Gasteiger charge is 2.59. The molecule has 1 fully saturated rings. The van der Waals surface area contributed by atoms with Gasteiger partial charge in [0.05, 0.1) is 25.4 Å². The second-order valence-electron chi connectivity index (χ2n) is 8.20. The Morgan fingerprint density at radius 1 is 1.39 bits per heavy atom. The van der Waals surface area contributed by atoms with Crippen LogP contribution in [0.2, 0.25) is 18.1 Å². The van der Waals surface area contributed by atoms with Gasteiger partial charge in [0.1, 0.15) is 5.41 Å². The molecule has 23 heavy (non-hydrogen) atoms. The maximum absolute atomic E-state index is 12.5. The van der Waals surface area contributed by atoms with Crippen LogP contribution in [0.3, 0.4) is 0 Å². The van der Waals surface area contributed by atoms with Crippen molar-refractivity contribution >= 4 is 20.3 Å². The summed E-state index contributed by atoms with van der Waals surface area (Å²) < 4.78 is 16.6. The van der Waals surface area contributed by atoms with Crippen LogP contribution in [-0.2, 0) is 23.5 Å². The first-order valence-electron chi connectivity index (χ1n) is 8.10. The number of hydrogen-bond acceptors (Lipinski definition) is 5. The van der Waals surface area contributed by atoms with Gasteiger partial charge in [-0.2, -0.15) is 0 Å². The molecule has 0 unspecified atom stereocenters. The number of esters is 2. The number of carbonyl (C=O) groups is 2. The Hall–Kier alpha value is -1.30. The molecule has 0 amide bonds. The summed E-state index contributed by atoms with van der Waals surface area (Å²) in [6.45, 7) is 12.9. The highest BCUT2D eigenvalue weighted by molar-refractivity contribution is 6.74. The third-order valence-corrected chi connectivity index (χ3v) is 10.1. The average molecular weight is 340 g/mol. The monoisotopic (exact) mass is 340 g/mol. The van der Waals surface area contributed by atoms with Gasteiger partial charge >= 0.3 is 11.9 Å². The minimum atomic E-state index is -2.08. The van der Waals surface area contributed by atoms with E-state index < -0.39 is 13.7 Å². The average Bonchev–Trinajstić information content (AvgIpc) is 2.75. The number of fused-ring (bicyclic) bond motifs is 1. The number of allylic oxidation sites excluding steroid dienone is 1. The predicted molar refractivity (Wildman–Crippen MR) is 89.0 cm³/mol. The molecule has 2 aliphatic rings. The lowest BCUT2D eigenvalue weighted by atomic mass is 9.66. The molecule has 0 bridgehead atoms. The van der Waals surface area contributed by atoms with Crippen molar-refractivity contribution in [1.82, 2.24) is 0 Å². The van der Waals surface area contributed by atoms with Crippen molar-refractivity contribution in [3.63, 3.8) is 0 Å². The molecular weight excluding hydrogens is 312 g/mol. The number of carbonyl (C=O) groups excluding carboxylic acids is 2. The van der Waals surface area contributed by atoms with Gasteiger partial charge in [0.15, 0.2) is 0 Å². The summed E-state index contributed by atoms with van der Waals surface area (Å²) in [4.78, 5) is 24.5. The summed E-state index contributed by atoms with van der Waals surface area (Å²) >= 11 is 0. The van der Waals surface area contributed by atoms with E-state index >= 15 is 0 Å². The zero-order chi connectivity index (χ0) is 17.6. The SMILES string of the molecule is COC(=O)[C@@H]1CC=C(O[Si](C)(C)C(C)(C)C)[C@@]2(C)C(=O)OC[C@@H]12. The first-order chi connectivity index (χ1) is 10.4. The van der Waals surface area contributed by atoms with Gasteiger partial charge in [-0.1, -0.05) is 20.8 Å². The molecule has 0 aromatic heterocycles. The molecule has 5 nitrogen and oxygen atoms in total. The van der Waals surface area contributed by atoms with Gasteiger partial charge < -0.3 is 13.9 Å². The van der Waals surface area contributed by atoms with Crippen LogP contribution in [0, 0.1) is 17.3 Å². The van der Waals surface area contributed by atoms with Crippen LogP contribution >= 0.6 is 0 Å². The van der Waals surface area contributed by atoms with E-state index in [1.165, 1.54) is 7.11 Å². The van der Waals surface area contributed by atoms with E-state index in [0.717, 1.165) is 0 Å². The third-order valence-electron chi connectivity index (χ3n) is 5.79. The molecule has 1 saturated heterocycles. The van der Waals surface area contributed by atoms with Crippen molar-refractivity contribution in [2.24, 2.45) is 17.3 Å². The molecule has 130 valence electrons. The quantitative estimate of drug-likeness (QED) is 0.583. The molecule has 0 N–H and O–H groups in total. The molecule has 3 atom stereocenters. The Morgan fingerprint density at radius 3 is 2.52 bits per heavy atom. The van der Waals surface area contributed by atoms with Crippen LogP contribution in [0.15, 0.2) is 11.8 Å². The first kappa shape index (κ1) is 18.0. The molecule has 0 aromatic rings. The Bertz CT molecular complexity index is 546. The van der Waals surface area contributed by atoms with Crippen molar-refractivity contribution in [2.75, 3.05) is 13.7 Å². The molecule has 2 rings (SSSR count). The van der Waals surface area contributed by atoms with E-state index in [1.807, 2.05) is 13.0 Å². The van der Waals surface area contributed by atoms with Crippen molar-refractivity contribution in [3.8, 4) is 0 Å². The van der Waals surface area contributed by atoms with Crippen LogP contribution in [0.5, 0.6) is 0 Å². The number of cyclic esters (lactones) is 1. The third kappa shape index (κ3) is 2.82. The van der Waals surface area contributed by atoms with Gasteiger partial charge in [0.2, 0.25) is 8.32 Å². The maximum Gasteiger partial charge on any atom is 0.319 e. The predicted octanol–water partition coefficient (Wildman–Crippen LogP) is 3.26. The summed E-state index contributed by atoms with van der Waals surface area (Å²) in [5, 5.41) is 0.0292. The maximum atomic E-state index is 12.5. The van der Waals surface area contributed by atoms with Crippen molar-refractivity contribution < 1.29 is 23.5 Å². The summed E-state index contributed by atoms with van der Waals surface area (Å²) in [6, 6.07) is 0. The van der Waals surface area contributed by atoms with Crippen LogP contribution < -0.4 is 0 Å². The minimum Gasteiger partial charge on any atom is -0.546 e. The molecule has 6 heteroatoms. The second-order valence-corrected chi connectivity index (χ2v) is 12.9. The number of methoxy groups -OCH3 is 1. The van der Waals surface area contributed by atoms with Crippen molar-refractivity contribution in [2.45, 2.75) is 52.2 Å². The van der Waals surface area contributed by atoms with Gasteiger partial charge in [-0.3, -0.25) is 9.59 Å². The molecule has 1 aliphatic carbocycles. The Kier molecular flexibility index (Phi) is 4.43. The summed E-state index contributed by atoms with van der Waals surface area (Å²) in [6.07, 6.45) is 2.42.